The molecule has 0 spiro atoms. The van der Waals surface area contributed by atoms with Gasteiger partial charge < -0.3 is 20.5 Å². The van der Waals surface area contributed by atoms with E-state index in [0.717, 1.165) is 18.1 Å². The number of hydrogen-bond donors (Lipinski definition) is 3. The van der Waals surface area contributed by atoms with Gasteiger partial charge in [-0.2, -0.15) is 0 Å². The largest absolute Gasteiger partial charge is 0.393 e. The van der Waals surface area contributed by atoms with Crippen molar-refractivity contribution in [2.24, 2.45) is 0 Å². The number of aliphatic hydroxyl groups is 1. The van der Waals surface area contributed by atoms with Crippen LogP contribution in [0.4, 0.5) is 11.6 Å². The van der Waals surface area contributed by atoms with Crippen LogP contribution in [-0.4, -0.2) is 41.9 Å². The Labute approximate surface area is 108 Å². The number of ether oxygens (including phenoxy) is 1. The summed E-state index contributed by atoms with van der Waals surface area (Å²) >= 11 is 0. The summed E-state index contributed by atoms with van der Waals surface area (Å²) in [6, 6.07) is 1.83. The van der Waals surface area contributed by atoms with Crippen LogP contribution in [0.25, 0.3) is 0 Å². The minimum absolute atomic E-state index is 0.262. The van der Waals surface area contributed by atoms with Crippen LogP contribution in [0.2, 0.25) is 0 Å². The van der Waals surface area contributed by atoms with Crippen LogP contribution < -0.4 is 10.6 Å². The Bertz CT molecular complexity index is 360. The van der Waals surface area contributed by atoms with E-state index >= 15 is 0 Å². The number of nitrogens with one attached hydrogen (secondary N) is 2. The van der Waals surface area contributed by atoms with Crippen LogP contribution in [0.3, 0.4) is 0 Å². The van der Waals surface area contributed by atoms with Crippen LogP contribution in [0.5, 0.6) is 0 Å². The van der Waals surface area contributed by atoms with Crippen molar-refractivity contribution in [3.63, 3.8) is 0 Å². The van der Waals surface area contributed by atoms with Gasteiger partial charge in [0.05, 0.1) is 6.10 Å². The first-order valence-electron chi connectivity index (χ1n) is 6.16. The molecule has 102 valence electrons. The first-order valence-corrected chi connectivity index (χ1v) is 6.16. The Morgan fingerprint density at radius 1 is 1.39 bits per heavy atom. The van der Waals surface area contributed by atoms with E-state index in [0.29, 0.717) is 25.4 Å². The van der Waals surface area contributed by atoms with Crippen LogP contribution in [-0.2, 0) is 11.3 Å². The summed E-state index contributed by atoms with van der Waals surface area (Å²) in [6.07, 6.45) is 1.21. The molecule has 1 atom stereocenters. The summed E-state index contributed by atoms with van der Waals surface area (Å²) in [6.45, 7) is 3.02. The predicted molar refractivity (Wildman–Crippen MR) is 71.7 cm³/mol. The fraction of sp³-hybridized carbons (Fsp3) is 0.667. The lowest BCUT2D eigenvalue weighted by Crippen LogP contribution is -2.14. The maximum Gasteiger partial charge on any atom is 0.158 e. The van der Waals surface area contributed by atoms with Gasteiger partial charge in [0.25, 0.3) is 0 Å². The predicted octanol–water partition coefficient (Wildman–Crippen LogP) is 1.24. The Morgan fingerprint density at radius 3 is 2.72 bits per heavy atom. The first-order chi connectivity index (χ1) is 8.69. The molecule has 1 rings (SSSR count). The van der Waals surface area contributed by atoms with E-state index in [1.54, 1.807) is 7.11 Å². The molecule has 3 N–H and O–H groups in total. The average Bonchev–Trinajstić information content (AvgIpc) is 2.38. The Balaban J connectivity index is 2.60. The van der Waals surface area contributed by atoms with Gasteiger partial charge in [-0.3, -0.25) is 0 Å². The molecule has 0 aliphatic carbocycles. The highest BCUT2D eigenvalue weighted by Gasteiger charge is 2.05. The molecule has 1 heterocycles. The Kier molecular flexibility index (Phi) is 6.38. The van der Waals surface area contributed by atoms with Crippen molar-refractivity contribution in [1.29, 1.82) is 0 Å². The molecule has 0 bridgehead atoms. The van der Waals surface area contributed by atoms with E-state index in [-0.39, 0.29) is 6.10 Å². The molecular formula is C12H22N4O2. The van der Waals surface area contributed by atoms with Gasteiger partial charge >= 0.3 is 0 Å². The van der Waals surface area contributed by atoms with Gasteiger partial charge in [-0.1, -0.05) is 6.92 Å². The summed E-state index contributed by atoms with van der Waals surface area (Å²) in [5, 5.41) is 15.6. The number of nitrogens with zero attached hydrogens (tertiary/aromatic N) is 2. The molecular weight excluding hydrogens is 232 g/mol. The highest BCUT2D eigenvalue weighted by atomic mass is 16.5. The van der Waals surface area contributed by atoms with Crippen molar-refractivity contribution in [1.82, 2.24) is 9.97 Å². The highest BCUT2D eigenvalue weighted by molar-refractivity contribution is 5.47. The van der Waals surface area contributed by atoms with E-state index in [2.05, 4.69) is 20.6 Å². The van der Waals surface area contributed by atoms with Crippen LogP contribution in [0.1, 0.15) is 25.6 Å². The zero-order chi connectivity index (χ0) is 13.4. The molecule has 1 aromatic rings. The van der Waals surface area contributed by atoms with Crippen molar-refractivity contribution < 1.29 is 9.84 Å². The van der Waals surface area contributed by atoms with Gasteiger partial charge in [0.15, 0.2) is 5.82 Å². The van der Waals surface area contributed by atoms with Crippen molar-refractivity contribution in [2.45, 2.75) is 32.5 Å². The molecule has 0 amide bonds. The SMILES string of the molecule is CCC(O)CCNc1cc(NC)nc(COC)n1. The van der Waals surface area contributed by atoms with Crippen LogP contribution in [0, 0.1) is 0 Å². The highest BCUT2D eigenvalue weighted by Crippen LogP contribution is 2.11. The molecule has 6 heteroatoms. The van der Waals surface area contributed by atoms with Gasteiger partial charge in [-0.05, 0) is 12.8 Å². The summed E-state index contributed by atoms with van der Waals surface area (Å²) in [7, 11) is 3.42. The normalized spacial score (nSPS) is 12.2. The fourth-order valence-corrected chi connectivity index (χ4v) is 1.48. The molecule has 0 fully saturated rings. The second kappa shape index (κ2) is 7.84. The number of aliphatic hydroxyl groups excluding tert-OH is 1. The summed E-state index contributed by atoms with van der Waals surface area (Å²) in [5.41, 5.74) is 0. The third-order valence-electron chi connectivity index (χ3n) is 2.56. The molecule has 0 saturated heterocycles. The van der Waals surface area contributed by atoms with Gasteiger partial charge in [-0.15, -0.1) is 0 Å². The maximum absolute atomic E-state index is 9.47. The Hall–Kier alpha value is -1.40. The average molecular weight is 254 g/mol. The molecule has 6 nitrogen and oxygen atoms in total. The second-order valence-electron chi connectivity index (χ2n) is 4.02. The maximum atomic E-state index is 9.47. The molecule has 1 aromatic heterocycles. The topological polar surface area (TPSA) is 79.3 Å². The van der Waals surface area contributed by atoms with E-state index in [9.17, 15) is 5.11 Å². The number of aromatic nitrogens is 2. The van der Waals surface area contributed by atoms with Gasteiger partial charge in [0, 0.05) is 26.8 Å². The zero-order valence-corrected chi connectivity index (χ0v) is 11.2. The van der Waals surface area contributed by atoms with Crippen LogP contribution in [0.15, 0.2) is 6.07 Å². The van der Waals surface area contributed by atoms with E-state index in [1.807, 2.05) is 20.0 Å². The molecule has 18 heavy (non-hydrogen) atoms. The number of methoxy groups -OCH3 is 1. The molecule has 0 aliphatic heterocycles. The third kappa shape index (κ3) is 4.85. The Morgan fingerprint density at radius 2 is 2.11 bits per heavy atom. The number of anilines is 2. The second-order valence-corrected chi connectivity index (χ2v) is 4.02. The van der Waals surface area contributed by atoms with Gasteiger partial charge in [0.2, 0.25) is 0 Å². The van der Waals surface area contributed by atoms with Gasteiger partial charge in [0.1, 0.15) is 18.2 Å². The first kappa shape index (κ1) is 14.7. The van der Waals surface area contributed by atoms with E-state index in [1.165, 1.54) is 0 Å². The zero-order valence-electron chi connectivity index (χ0n) is 11.2. The van der Waals surface area contributed by atoms with Crippen molar-refractivity contribution in [2.75, 3.05) is 31.3 Å². The van der Waals surface area contributed by atoms with E-state index < -0.39 is 0 Å². The molecule has 0 aliphatic rings. The number of hydrogen-bond acceptors (Lipinski definition) is 6. The summed E-state index contributed by atoms with van der Waals surface area (Å²) in [4.78, 5) is 8.59. The van der Waals surface area contributed by atoms with Crippen molar-refractivity contribution >= 4 is 11.6 Å². The summed E-state index contributed by atoms with van der Waals surface area (Å²) in [5.74, 6) is 2.11. The minimum atomic E-state index is -0.262. The summed E-state index contributed by atoms with van der Waals surface area (Å²) < 4.78 is 5.02. The lowest BCUT2D eigenvalue weighted by molar-refractivity contribution is 0.164. The fourth-order valence-electron chi connectivity index (χ4n) is 1.48. The molecule has 1 unspecified atom stereocenters. The molecule has 0 aromatic carbocycles. The van der Waals surface area contributed by atoms with Crippen molar-refractivity contribution in [3.8, 4) is 0 Å². The quantitative estimate of drug-likeness (QED) is 0.647. The van der Waals surface area contributed by atoms with Gasteiger partial charge in [-0.25, -0.2) is 9.97 Å². The smallest absolute Gasteiger partial charge is 0.158 e. The van der Waals surface area contributed by atoms with E-state index in [4.69, 9.17) is 4.74 Å². The molecule has 0 radical (unpaired) electrons. The monoisotopic (exact) mass is 254 g/mol. The minimum Gasteiger partial charge on any atom is -0.393 e. The lowest BCUT2D eigenvalue weighted by Gasteiger charge is -2.11. The third-order valence-corrected chi connectivity index (χ3v) is 2.56. The molecule has 0 saturated carbocycles. The van der Waals surface area contributed by atoms with Crippen molar-refractivity contribution in [3.05, 3.63) is 11.9 Å². The number of rotatable bonds is 8. The standard InChI is InChI=1S/C12H22N4O2/c1-4-9(17)5-6-14-11-7-10(13-2)15-12(16-11)8-18-3/h7,9,17H,4-6,8H2,1-3H3,(H2,13,14,15,16). The van der Waals surface area contributed by atoms with Crippen LogP contribution >= 0.6 is 0 Å². The lowest BCUT2D eigenvalue weighted by atomic mass is 10.2.